The number of methoxy groups -OCH3 is 1. The Morgan fingerprint density at radius 1 is 1.12 bits per heavy atom. The number of aromatic nitrogens is 3. The first-order chi connectivity index (χ1) is 15.6. The number of H-pyrrole nitrogens is 1. The van der Waals surface area contributed by atoms with Gasteiger partial charge in [-0.3, -0.25) is 0 Å². The van der Waals surface area contributed by atoms with E-state index < -0.39 is 5.82 Å². The summed E-state index contributed by atoms with van der Waals surface area (Å²) in [6.45, 7) is 1.48. The number of likely N-dealkylation sites (tertiary alicyclic amines) is 1. The molecule has 2 amide bonds. The molecule has 0 saturated carbocycles. The fourth-order valence-electron chi connectivity index (χ4n) is 3.89. The van der Waals surface area contributed by atoms with Crippen molar-refractivity contribution in [2.45, 2.75) is 12.8 Å². The number of fused-ring (bicyclic) bond motifs is 1. The van der Waals surface area contributed by atoms with E-state index in [9.17, 15) is 9.18 Å². The summed E-state index contributed by atoms with van der Waals surface area (Å²) in [7, 11) is 1.62. The molecule has 0 aliphatic carbocycles. The summed E-state index contributed by atoms with van der Waals surface area (Å²) in [5.74, 6) is 0.668. The van der Waals surface area contributed by atoms with Gasteiger partial charge in [-0.15, -0.1) is 0 Å². The highest BCUT2D eigenvalue weighted by Gasteiger charge is 2.19. The van der Waals surface area contributed by atoms with Crippen molar-refractivity contribution < 1.29 is 13.9 Å². The summed E-state index contributed by atoms with van der Waals surface area (Å²) in [6.07, 6.45) is 3.75. The topological polar surface area (TPSA) is 83.1 Å². The van der Waals surface area contributed by atoms with Crippen molar-refractivity contribution in [3.05, 3.63) is 60.5 Å². The monoisotopic (exact) mass is 431 g/mol. The van der Waals surface area contributed by atoms with E-state index in [0.717, 1.165) is 42.8 Å². The van der Waals surface area contributed by atoms with Crippen molar-refractivity contribution >= 4 is 22.9 Å². The number of benzene rings is 2. The zero-order chi connectivity index (χ0) is 22.1. The number of pyridine rings is 1. The van der Waals surface area contributed by atoms with Crippen LogP contribution in [-0.4, -0.2) is 46.1 Å². The van der Waals surface area contributed by atoms with E-state index in [1.165, 1.54) is 6.07 Å². The summed E-state index contributed by atoms with van der Waals surface area (Å²) < 4.78 is 19.9. The normalized spacial score (nSPS) is 13.5. The maximum absolute atomic E-state index is 14.6. The number of imidazole rings is 1. The summed E-state index contributed by atoms with van der Waals surface area (Å²) >= 11 is 0. The van der Waals surface area contributed by atoms with E-state index >= 15 is 0 Å². The molecule has 0 atom stereocenters. The number of aromatic amines is 1. The van der Waals surface area contributed by atoms with E-state index in [1.54, 1.807) is 30.3 Å². The molecule has 1 aliphatic rings. The standard InChI is InChI=1S/C24H22FN5O2/c1-32-18-6-4-5-15(11-18)16-12-21-23(26-14-16)29-22(28-21)19-13-17(7-8-20(19)25)27-24(31)30-9-2-3-10-30/h4-8,11-14H,2-3,9-10H2,1H3,(H,27,31)(H,26,28,29). The number of carbonyl (C=O) groups is 1. The number of carbonyl (C=O) groups excluding carboxylic acids is 1. The van der Waals surface area contributed by atoms with Gasteiger partial charge in [-0.25, -0.2) is 19.2 Å². The highest BCUT2D eigenvalue weighted by molar-refractivity contribution is 5.90. The fraction of sp³-hybridized carbons (Fsp3) is 0.208. The fourth-order valence-corrected chi connectivity index (χ4v) is 3.89. The smallest absolute Gasteiger partial charge is 0.321 e. The molecule has 2 aromatic carbocycles. The number of hydrogen-bond donors (Lipinski definition) is 2. The number of hydrogen-bond acceptors (Lipinski definition) is 4. The highest BCUT2D eigenvalue weighted by Crippen LogP contribution is 2.29. The first kappa shape index (κ1) is 20.0. The Balaban J connectivity index is 1.45. The van der Waals surface area contributed by atoms with Gasteiger partial charge in [0.05, 0.1) is 12.7 Å². The van der Waals surface area contributed by atoms with Gasteiger partial charge in [-0.1, -0.05) is 12.1 Å². The average molecular weight is 431 g/mol. The van der Waals surface area contributed by atoms with Crippen molar-refractivity contribution in [1.29, 1.82) is 0 Å². The number of nitrogens with one attached hydrogen (secondary N) is 2. The van der Waals surface area contributed by atoms with Gasteiger partial charge in [-0.05, 0) is 54.8 Å². The van der Waals surface area contributed by atoms with Gasteiger partial charge >= 0.3 is 6.03 Å². The molecular formula is C24H22FN5O2. The number of nitrogens with zero attached hydrogens (tertiary/aromatic N) is 3. The van der Waals surface area contributed by atoms with Crippen molar-refractivity contribution in [1.82, 2.24) is 19.9 Å². The third-order valence-electron chi connectivity index (χ3n) is 5.61. The molecule has 7 nitrogen and oxygen atoms in total. The Bertz CT molecular complexity index is 1300. The van der Waals surface area contributed by atoms with Gasteiger partial charge < -0.3 is 19.9 Å². The Hall–Kier alpha value is -3.94. The molecule has 0 bridgehead atoms. The minimum atomic E-state index is -0.434. The Kier molecular flexibility index (Phi) is 5.18. The minimum Gasteiger partial charge on any atom is -0.497 e. The maximum atomic E-state index is 14.6. The van der Waals surface area contributed by atoms with E-state index in [-0.39, 0.29) is 11.6 Å². The van der Waals surface area contributed by atoms with E-state index in [2.05, 4.69) is 20.3 Å². The van der Waals surface area contributed by atoms with E-state index in [0.29, 0.717) is 22.7 Å². The number of anilines is 1. The number of urea groups is 1. The molecule has 2 aromatic heterocycles. The molecule has 3 heterocycles. The zero-order valence-electron chi connectivity index (χ0n) is 17.6. The van der Waals surface area contributed by atoms with E-state index in [1.807, 2.05) is 30.3 Å². The van der Waals surface area contributed by atoms with Crippen LogP contribution in [0.3, 0.4) is 0 Å². The van der Waals surface area contributed by atoms with Crippen LogP contribution in [-0.2, 0) is 0 Å². The lowest BCUT2D eigenvalue weighted by atomic mass is 10.1. The number of ether oxygens (including phenoxy) is 1. The summed E-state index contributed by atoms with van der Waals surface area (Å²) in [5, 5.41) is 2.85. The summed E-state index contributed by atoms with van der Waals surface area (Å²) in [5.41, 5.74) is 3.78. The molecule has 162 valence electrons. The minimum absolute atomic E-state index is 0.172. The second kappa shape index (κ2) is 8.30. The van der Waals surface area contributed by atoms with Crippen LogP contribution < -0.4 is 10.1 Å². The molecular weight excluding hydrogens is 409 g/mol. The van der Waals surface area contributed by atoms with Crippen molar-refractivity contribution in [2.24, 2.45) is 0 Å². The molecule has 4 aromatic rings. The van der Waals surface area contributed by atoms with Gasteiger partial charge in [0.2, 0.25) is 0 Å². The van der Waals surface area contributed by atoms with E-state index in [4.69, 9.17) is 4.74 Å². The number of rotatable bonds is 4. The molecule has 32 heavy (non-hydrogen) atoms. The predicted molar refractivity (Wildman–Crippen MR) is 121 cm³/mol. The van der Waals surface area contributed by atoms with Crippen LogP contribution in [0.15, 0.2) is 54.7 Å². The summed E-state index contributed by atoms with van der Waals surface area (Å²) in [4.78, 5) is 26.2. The molecule has 0 radical (unpaired) electrons. The largest absolute Gasteiger partial charge is 0.497 e. The van der Waals surface area contributed by atoms with Crippen LogP contribution in [0.25, 0.3) is 33.7 Å². The molecule has 8 heteroatoms. The maximum Gasteiger partial charge on any atom is 0.321 e. The second-order valence-electron chi connectivity index (χ2n) is 7.73. The van der Waals surface area contributed by atoms with Crippen molar-refractivity contribution in [2.75, 3.05) is 25.5 Å². The van der Waals surface area contributed by atoms with Crippen LogP contribution in [0, 0.1) is 5.82 Å². The van der Waals surface area contributed by atoms with Gasteiger partial charge in [0, 0.05) is 30.5 Å². The highest BCUT2D eigenvalue weighted by atomic mass is 19.1. The third kappa shape index (κ3) is 3.87. The quantitative estimate of drug-likeness (QED) is 0.473. The van der Waals surface area contributed by atoms with Crippen LogP contribution in [0.2, 0.25) is 0 Å². The van der Waals surface area contributed by atoms with Crippen molar-refractivity contribution in [3.63, 3.8) is 0 Å². The van der Waals surface area contributed by atoms with Crippen LogP contribution in [0.5, 0.6) is 5.75 Å². The Morgan fingerprint density at radius 2 is 1.97 bits per heavy atom. The lowest BCUT2D eigenvalue weighted by molar-refractivity contribution is 0.222. The van der Waals surface area contributed by atoms with Gasteiger partial charge in [0.1, 0.15) is 22.9 Å². The van der Waals surface area contributed by atoms with Gasteiger partial charge in [0.25, 0.3) is 0 Å². The molecule has 0 unspecified atom stereocenters. The Morgan fingerprint density at radius 3 is 2.78 bits per heavy atom. The lowest BCUT2D eigenvalue weighted by Gasteiger charge is -2.16. The molecule has 5 rings (SSSR count). The second-order valence-corrected chi connectivity index (χ2v) is 7.73. The van der Waals surface area contributed by atoms with Crippen LogP contribution in [0.4, 0.5) is 14.9 Å². The first-order valence-corrected chi connectivity index (χ1v) is 10.5. The van der Waals surface area contributed by atoms with Crippen molar-refractivity contribution in [3.8, 4) is 28.3 Å². The van der Waals surface area contributed by atoms with Crippen LogP contribution in [0.1, 0.15) is 12.8 Å². The van der Waals surface area contributed by atoms with Gasteiger partial charge in [-0.2, -0.15) is 0 Å². The number of amides is 2. The average Bonchev–Trinajstić information content (AvgIpc) is 3.50. The lowest BCUT2D eigenvalue weighted by Crippen LogP contribution is -2.32. The Labute approximate surface area is 184 Å². The summed E-state index contributed by atoms with van der Waals surface area (Å²) in [6, 6.07) is 13.9. The molecule has 1 aliphatic heterocycles. The van der Waals surface area contributed by atoms with Gasteiger partial charge in [0.15, 0.2) is 5.65 Å². The first-order valence-electron chi connectivity index (χ1n) is 10.5. The zero-order valence-corrected chi connectivity index (χ0v) is 17.6. The molecule has 0 spiro atoms. The SMILES string of the molecule is COc1cccc(-c2cnc3[nH]c(-c4cc(NC(=O)N5CCCC5)ccc4F)nc3c2)c1. The molecule has 2 N–H and O–H groups in total. The molecule has 1 saturated heterocycles. The third-order valence-corrected chi connectivity index (χ3v) is 5.61. The number of halogens is 1. The van der Waals surface area contributed by atoms with Crippen LogP contribution >= 0.6 is 0 Å². The molecule has 1 fully saturated rings. The predicted octanol–water partition coefficient (Wildman–Crippen LogP) is 5.07.